The maximum Gasteiger partial charge on any atom is 0.189 e. The number of allylic oxidation sites excluding steroid dienone is 1. The minimum Gasteiger partial charge on any atom is -0.493 e. The molecule has 0 N–H and O–H groups in total. The minimum atomic E-state index is -0.0956. The largest absolute Gasteiger partial charge is 0.493 e. The van der Waals surface area contributed by atoms with E-state index in [0.717, 1.165) is 27.5 Å². The van der Waals surface area contributed by atoms with Crippen LogP contribution in [0, 0.1) is 13.8 Å². The molecule has 0 spiro atoms. The maximum atomic E-state index is 12.7. The second kappa shape index (κ2) is 8.89. The maximum absolute atomic E-state index is 12.7. The number of benzene rings is 2. The molecule has 0 aliphatic carbocycles. The number of hydrogen-bond acceptors (Lipinski definition) is 3. The smallest absolute Gasteiger partial charge is 0.189 e. The third-order valence-corrected chi connectivity index (χ3v) is 4.94. The number of nitrogens with zero attached hydrogens (tertiary/aromatic N) is 2. The lowest BCUT2D eigenvalue weighted by atomic mass is 10.1. The first-order valence-electron chi connectivity index (χ1n) is 9.23. The summed E-state index contributed by atoms with van der Waals surface area (Å²) in [6.45, 7) is 6.93. The monoisotopic (exact) mass is 394 g/mol. The van der Waals surface area contributed by atoms with Crippen LogP contribution in [0.3, 0.4) is 0 Å². The Morgan fingerprint density at radius 2 is 1.86 bits per heavy atom. The molecular formula is C23H23ClN2O2. The molecule has 0 amide bonds. The van der Waals surface area contributed by atoms with E-state index in [1.807, 2.05) is 74.0 Å². The highest BCUT2D eigenvalue weighted by Crippen LogP contribution is 2.22. The second-order valence-corrected chi connectivity index (χ2v) is 6.87. The Morgan fingerprint density at radius 1 is 1.14 bits per heavy atom. The van der Waals surface area contributed by atoms with E-state index >= 15 is 0 Å². The van der Waals surface area contributed by atoms with E-state index in [0.29, 0.717) is 24.5 Å². The number of ether oxygens (including phenoxy) is 1. The number of ketones is 1. The molecule has 0 aliphatic rings. The van der Waals surface area contributed by atoms with Crippen LogP contribution in [-0.2, 0) is 6.54 Å². The average molecular weight is 395 g/mol. The molecule has 5 heteroatoms. The van der Waals surface area contributed by atoms with Crippen LogP contribution in [0.2, 0.25) is 5.02 Å². The van der Waals surface area contributed by atoms with Gasteiger partial charge in [0.15, 0.2) is 5.78 Å². The summed E-state index contributed by atoms with van der Waals surface area (Å²) in [5, 5.41) is 5.33. The summed E-state index contributed by atoms with van der Waals surface area (Å²) in [6, 6.07) is 15.0. The van der Waals surface area contributed by atoms with Crippen LogP contribution in [0.25, 0.3) is 6.08 Å². The normalized spacial score (nSPS) is 11.1. The summed E-state index contributed by atoms with van der Waals surface area (Å²) >= 11 is 6.27. The Hall–Kier alpha value is -2.85. The number of halogens is 1. The standard InChI is InChI=1S/C23H23ClN2O2/c1-4-28-23-12-8-6-10-20(23)22(27)14-13-19-16(2)25-26(17(19)3)15-18-9-5-7-11-21(18)24/h5-14H,4,15H2,1-3H3/b14-13+. The van der Waals surface area contributed by atoms with Crippen molar-refractivity contribution in [3.05, 3.63) is 87.7 Å². The van der Waals surface area contributed by atoms with E-state index in [1.165, 1.54) is 0 Å². The molecule has 0 atom stereocenters. The van der Waals surface area contributed by atoms with Gasteiger partial charge >= 0.3 is 0 Å². The van der Waals surface area contributed by atoms with Gasteiger partial charge in [-0.15, -0.1) is 0 Å². The van der Waals surface area contributed by atoms with E-state index in [4.69, 9.17) is 16.3 Å². The molecule has 0 aliphatic heterocycles. The highest BCUT2D eigenvalue weighted by Gasteiger charge is 2.13. The number of aromatic nitrogens is 2. The molecule has 28 heavy (non-hydrogen) atoms. The zero-order chi connectivity index (χ0) is 20.1. The molecule has 3 rings (SSSR count). The lowest BCUT2D eigenvalue weighted by Crippen LogP contribution is -2.04. The first kappa shape index (κ1) is 19.9. The molecule has 0 saturated heterocycles. The number of aryl methyl sites for hydroxylation is 1. The molecule has 144 valence electrons. The summed E-state index contributed by atoms with van der Waals surface area (Å²) in [6.07, 6.45) is 3.40. The first-order chi connectivity index (χ1) is 13.5. The van der Waals surface area contributed by atoms with Gasteiger partial charge in [-0.1, -0.05) is 41.9 Å². The molecule has 0 fully saturated rings. The fourth-order valence-corrected chi connectivity index (χ4v) is 3.29. The van der Waals surface area contributed by atoms with Crippen molar-refractivity contribution in [3.8, 4) is 5.75 Å². The van der Waals surface area contributed by atoms with Crippen LogP contribution in [-0.4, -0.2) is 22.2 Å². The van der Waals surface area contributed by atoms with Crippen molar-refractivity contribution in [3.63, 3.8) is 0 Å². The highest BCUT2D eigenvalue weighted by atomic mass is 35.5. The van der Waals surface area contributed by atoms with Crippen molar-refractivity contribution < 1.29 is 9.53 Å². The van der Waals surface area contributed by atoms with Crippen molar-refractivity contribution in [1.29, 1.82) is 0 Å². The predicted octanol–water partition coefficient (Wildman–Crippen LogP) is 5.50. The van der Waals surface area contributed by atoms with Crippen molar-refractivity contribution in [2.45, 2.75) is 27.3 Å². The lowest BCUT2D eigenvalue weighted by Gasteiger charge is -2.07. The summed E-state index contributed by atoms with van der Waals surface area (Å²) in [5.74, 6) is 0.504. The highest BCUT2D eigenvalue weighted by molar-refractivity contribution is 6.31. The molecular weight excluding hydrogens is 372 g/mol. The number of carbonyl (C=O) groups is 1. The molecule has 2 aromatic carbocycles. The molecule has 0 saturated carbocycles. The van der Waals surface area contributed by atoms with E-state index in [9.17, 15) is 4.79 Å². The zero-order valence-electron chi connectivity index (χ0n) is 16.3. The molecule has 1 aromatic heterocycles. The summed E-state index contributed by atoms with van der Waals surface area (Å²) < 4.78 is 7.47. The molecule has 0 radical (unpaired) electrons. The van der Waals surface area contributed by atoms with Crippen molar-refractivity contribution in [1.82, 2.24) is 9.78 Å². The van der Waals surface area contributed by atoms with Gasteiger partial charge in [-0.3, -0.25) is 9.48 Å². The van der Waals surface area contributed by atoms with Crippen LogP contribution in [0.15, 0.2) is 54.6 Å². The molecule has 3 aromatic rings. The van der Waals surface area contributed by atoms with Gasteiger partial charge in [0.25, 0.3) is 0 Å². The van der Waals surface area contributed by atoms with E-state index < -0.39 is 0 Å². The summed E-state index contributed by atoms with van der Waals surface area (Å²) in [4.78, 5) is 12.7. The third kappa shape index (κ3) is 4.34. The van der Waals surface area contributed by atoms with E-state index in [1.54, 1.807) is 12.1 Å². The van der Waals surface area contributed by atoms with Gasteiger partial charge in [-0.2, -0.15) is 5.10 Å². The van der Waals surface area contributed by atoms with Gasteiger partial charge in [0.05, 0.1) is 24.4 Å². The van der Waals surface area contributed by atoms with Crippen LogP contribution in [0.1, 0.15) is 39.8 Å². The van der Waals surface area contributed by atoms with Crippen LogP contribution < -0.4 is 4.74 Å². The van der Waals surface area contributed by atoms with Gasteiger partial charge in [0.2, 0.25) is 0 Å². The van der Waals surface area contributed by atoms with Crippen LogP contribution in [0.4, 0.5) is 0 Å². The van der Waals surface area contributed by atoms with Crippen LogP contribution >= 0.6 is 11.6 Å². The van der Waals surface area contributed by atoms with Gasteiger partial charge in [-0.05, 0) is 56.7 Å². The molecule has 1 heterocycles. The summed E-state index contributed by atoms with van der Waals surface area (Å²) in [7, 11) is 0. The Bertz CT molecular complexity index is 1020. The Balaban J connectivity index is 1.84. The summed E-state index contributed by atoms with van der Waals surface area (Å²) in [5.41, 5.74) is 4.35. The number of hydrogen-bond donors (Lipinski definition) is 0. The Kier molecular flexibility index (Phi) is 6.32. The fraction of sp³-hybridized carbons (Fsp3) is 0.217. The molecule has 0 bridgehead atoms. The van der Waals surface area contributed by atoms with E-state index in [2.05, 4.69) is 5.10 Å². The minimum absolute atomic E-state index is 0.0956. The van der Waals surface area contributed by atoms with Crippen molar-refractivity contribution in [2.24, 2.45) is 0 Å². The SMILES string of the molecule is CCOc1ccccc1C(=O)/C=C/c1c(C)nn(Cc2ccccc2Cl)c1C. The van der Waals surface area contributed by atoms with Gasteiger partial charge < -0.3 is 4.74 Å². The molecule has 0 unspecified atom stereocenters. The first-order valence-corrected chi connectivity index (χ1v) is 9.60. The zero-order valence-corrected chi connectivity index (χ0v) is 17.0. The average Bonchev–Trinajstić information content (AvgIpc) is 2.95. The number of carbonyl (C=O) groups excluding carboxylic acids is 1. The van der Waals surface area contributed by atoms with Gasteiger partial charge in [-0.25, -0.2) is 0 Å². The third-order valence-electron chi connectivity index (χ3n) is 4.57. The second-order valence-electron chi connectivity index (χ2n) is 6.46. The predicted molar refractivity (Wildman–Crippen MR) is 113 cm³/mol. The topological polar surface area (TPSA) is 44.1 Å². The lowest BCUT2D eigenvalue weighted by molar-refractivity contribution is 0.104. The van der Waals surface area contributed by atoms with Crippen molar-refractivity contribution in [2.75, 3.05) is 6.61 Å². The molecule has 4 nitrogen and oxygen atoms in total. The fourth-order valence-electron chi connectivity index (χ4n) is 3.09. The Morgan fingerprint density at radius 3 is 2.61 bits per heavy atom. The Labute approximate surface area is 170 Å². The number of para-hydroxylation sites is 1. The van der Waals surface area contributed by atoms with Crippen LogP contribution in [0.5, 0.6) is 5.75 Å². The number of rotatable bonds is 7. The van der Waals surface area contributed by atoms with Crippen molar-refractivity contribution >= 4 is 23.5 Å². The van der Waals surface area contributed by atoms with E-state index in [-0.39, 0.29) is 5.78 Å². The van der Waals surface area contributed by atoms with Gasteiger partial charge in [0.1, 0.15) is 5.75 Å². The van der Waals surface area contributed by atoms with Gasteiger partial charge in [0, 0.05) is 16.3 Å². The quantitative estimate of drug-likeness (QED) is 0.392.